The lowest BCUT2D eigenvalue weighted by molar-refractivity contribution is 0.858. The average Bonchev–Trinajstić information content (AvgIpc) is 1.88. The van der Waals surface area contributed by atoms with E-state index in [0.29, 0.717) is 0 Å². The van der Waals surface area contributed by atoms with E-state index in [2.05, 4.69) is 23.1 Å². The third-order valence-corrected chi connectivity index (χ3v) is 1.26. The van der Waals surface area contributed by atoms with E-state index >= 15 is 0 Å². The third-order valence-electron chi connectivity index (χ3n) is 1.26. The van der Waals surface area contributed by atoms with E-state index in [1.54, 1.807) is 6.20 Å². The highest BCUT2D eigenvalue weighted by molar-refractivity contribution is 4.99. The van der Waals surface area contributed by atoms with Crippen LogP contribution in [0.4, 0.5) is 0 Å². The molecule has 1 rings (SSSR count). The summed E-state index contributed by atoms with van der Waals surface area (Å²) in [7, 11) is 0. The number of hydrogen-bond acceptors (Lipinski definition) is 2. The molecule has 0 saturated heterocycles. The lowest BCUT2D eigenvalue weighted by atomic mass is 10.2. The second-order valence-corrected chi connectivity index (χ2v) is 2.31. The molecule has 0 atom stereocenters. The Hall–Kier alpha value is -0.920. The Balaban J connectivity index is 2.75. The second-order valence-electron chi connectivity index (χ2n) is 2.31. The lowest BCUT2D eigenvalue weighted by Gasteiger charge is -1.95. The van der Waals surface area contributed by atoms with Crippen molar-refractivity contribution < 1.29 is 0 Å². The van der Waals surface area contributed by atoms with Gasteiger partial charge in [-0.05, 0) is 13.3 Å². The molecule has 53 valence electrons. The van der Waals surface area contributed by atoms with E-state index in [-0.39, 0.29) is 0 Å². The highest BCUT2D eigenvalue weighted by atomic mass is 14.8. The van der Waals surface area contributed by atoms with Crippen molar-refractivity contribution in [2.45, 2.75) is 26.7 Å². The number of aryl methyl sites for hydroxylation is 2. The Bertz CT molecular complexity index is 208. The fourth-order valence-corrected chi connectivity index (χ4v) is 0.846. The Labute approximate surface area is 61.3 Å². The average molecular weight is 135 g/mol. The van der Waals surface area contributed by atoms with Gasteiger partial charge in [-0.2, -0.15) is 0 Å². The second kappa shape index (κ2) is 3.30. The maximum atomic E-state index is 4.24. The smallest absolute Gasteiger partial charge is 0.112 e. The largest absolute Gasteiger partial charge is 0.254 e. The number of aromatic nitrogens is 2. The fourth-order valence-electron chi connectivity index (χ4n) is 0.846. The van der Waals surface area contributed by atoms with Gasteiger partial charge in [-0.1, -0.05) is 13.3 Å². The van der Waals surface area contributed by atoms with E-state index in [9.17, 15) is 0 Å². The number of nitrogens with zero attached hydrogens (tertiary/aromatic N) is 2. The molecule has 10 heavy (non-hydrogen) atoms. The summed E-state index contributed by atoms with van der Waals surface area (Å²) in [5.41, 5.74) is 1.95. The van der Waals surface area contributed by atoms with Gasteiger partial charge in [-0.15, -0.1) is 0 Å². The van der Waals surface area contributed by atoms with Crippen LogP contribution in [0.5, 0.6) is 0 Å². The SMILES string of the molecule is CCCc1cn[c]c(C)n1. The molecule has 0 spiro atoms. The molecule has 0 aromatic carbocycles. The lowest BCUT2D eigenvalue weighted by Crippen LogP contribution is -1.92. The standard InChI is InChI=1S/C8H11N2/c1-3-4-8-6-9-5-7(2)10-8/h6H,3-4H2,1-2H3. The van der Waals surface area contributed by atoms with Gasteiger partial charge in [0, 0.05) is 6.20 Å². The van der Waals surface area contributed by atoms with Crippen LogP contribution in [0.25, 0.3) is 0 Å². The molecular formula is C8H11N2. The first-order valence-corrected chi connectivity index (χ1v) is 3.53. The number of hydrogen-bond donors (Lipinski definition) is 0. The van der Waals surface area contributed by atoms with Gasteiger partial charge in [0.05, 0.1) is 11.4 Å². The minimum absolute atomic E-state index is 0.881. The zero-order chi connectivity index (χ0) is 7.40. The molecule has 0 amide bonds. The van der Waals surface area contributed by atoms with Crippen LogP contribution < -0.4 is 0 Å². The van der Waals surface area contributed by atoms with Crippen molar-refractivity contribution in [2.24, 2.45) is 0 Å². The first kappa shape index (κ1) is 7.19. The van der Waals surface area contributed by atoms with E-state index in [1.807, 2.05) is 6.92 Å². The summed E-state index contributed by atoms with van der Waals surface area (Å²) < 4.78 is 0. The molecule has 0 aliphatic rings. The van der Waals surface area contributed by atoms with Gasteiger partial charge in [0.25, 0.3) is 0 Å². The summed E-state index contributed by atoms with van der Waals surface area (Å²) in [6.07, 6.45) is 6.68. The Morgan fingerprint density at radius 3 is 3.00 bits per heavy atom. The van der Waals surface area contributed by atoms with Crippen LogP contribution in [0.2, 0.25) is 0 Å². The van der Waals surface area contributed by atoms with Crippen molar-refractivity contribution in [3.8, 4) is 0 Å². The van der Waals surface area contributed by atoms with Crippen molar-refractivity contribution in [1.82, 2.24) is 9.97 Å². The molecular weight excluding hydrogens is 124 g/mol. The minimum Gasteiger partial charge on any atom is -0.254 e. The summed E-state index contributed by atoms with van der Waals surface area (Å²) in [4.78, 5) is 8.16. The third kappa shape index (κ3) is 1.79. The molecule has 0 saturated carbocycles. The van der Waals surface area contributed by atoms with Crippen molar-refractivity contribution in [3.63, 3.8) is 0 Å². The summed E-state index contributed by atoms with van der Waals surface area (Å²) in [5.74, 6) is 0. The van der Waals surface area contributed by atoms with Crippen LogP contribution in [0.3, 0.4) is 0 Å². The van der Waals surface area contributed by atoms with Crippen LogP contribution in [0, 0.1) is 13.1 Å². The normalized spacial score (nSPS) is 9.80. The number of rotatable bonds is 2. The van der Waals surface area contributed by atoms with Crippen LogP contribution >= 0.6 is 0 Å². The van der Waals surface area contributed by atoms with Gasteiger partial charge in [0.2, 0.25) is 0 Å². The van der Waals surface area contributed by atoms with Gasteiger partial charge in [0.1, 0.15) is 6.20 Å². The molecule has 1 aromatic rings. The summed E-state index contributed by atoms with van der Waals surface area (Å²) in [5, 5.41) is 0. The topological polar surface area (TPSA) is 25.8 Å². The maximum absolute atomic E-state index is 4.24. The van der Waals surface area contributed by atoms with Crippen molar-refractivity contribution >= 4 is 0 Å². The molecule has 0 aliphatic heterocycles. The maximum Gasteiger partial charge on any atom is 0.112 e. The van der Waals surface area contributed by atoms with Crippen LogP contribution in [0.15, 0.2) is 6.20 Å². The highest BCUT2D eigenvalue weighted by Gasteiger charge is 1.92. The Kier molecular flexibility index (Phi) is 2.37. The van der Waals surface area contributed by atoms with Crippen molar-refractivity contribution in [2.75, 3.05) is 0 Å². The summed E-state index contributed by atoms with van der Waals surface area (Å²) >= 11 is 0. The molecule has 0 unspecified atom stereocenters. The minimum atomic E-state index is 0.881. The van der Waals surface area contributed by atoms with Crippen LogP contribution in [-0.4, -0.2) is 9.97 Å². The van der Waals surface area contributed by atoms with Crippen molar-refractivity contribution in [1.29, 1.82) is 0 Å². The van der Waals surface area contributed by atoms with Crippen LogP contribution in [0.1, 0.15) is 24.7 Å². The monoisotopic (exact) mass is 135 g/mol. The molecule has 1 aromatic heterocycles. The van der Waals surface area contributed by atoms with E-state index in [0.717, 1.165) is 24.2 Å². The van der Waals surface area contributed by atoms with Gasteiger partial charge >= 0.3 is 0 Å². The quantitative estimate of drug-likeness (QED) is 0.614. The molecule has 1 heterocycles. The first-order chi connectivity index (χ1) is 4.83. The van der Waals surface area contributed by atoms with Gasteiger partial charge in [0.15, 0.2) is 0 Å². The molecule has 0 N–H and O–H groups in total. The van der Waals surface area contributed by atoms with Gasteiger partial charge in [-0.3, -0.25) is 9.97 Å². The summed E-state index contributed by atoms with van der Waals surface area (Å²) in [6.45, 7) is 4.04. The molecule has 0 fully saturated rings. The molecule has 0 bridgehead atoms. The van der Waals surface area contributed by atoms with E-state index in [4.69, 9.17) is 0 Å². The highest BCUT2D eigenvalue weighted by Crippen LogP contribution is 1.96. The van der Waals surface area contributed by atoms with E-state index in [1.165, 1.54) is 0 Å². The Morgan fingerprint density at radius 1 is 1.60 bits per heavy atom. The summed E-state index contributed by atoms with van der Waals surface area (Å²) in [6, 6.07) is 0. The fraction of sp³-hybridized carbons (Fsp3) is 0.500. The van der Waals surface area contributed by atoms with Crippen LogP contribution in [-0.2, 0) is 6.42 Å². The zero-order valence-corrected chi connectivity index (χ0v) is 6.39. The van der Waals surface area contributed by atoms with E-state index < -0.39 is 0 Å². The van der Waals surface area contributed by atoms with Gasteiger partial charge < -0.3 is 0 Å². The predicted octanol–water partition coefficient (Wildman–Crippen LogP) is 1.54. The molecule has 2 heteroatoms. The predicted molar refractivity (Wildman–Crippen MR) is 39.6 cm³/mol. The Morgan fingerprint density at radius 2 is 2.40 bits per heavy atom. The first-order valence-electron chi connectivity index (χ1n) is 3.53. The molecule has 0 aliphatic carbocycles. The zero-order valence-electron chi connectivity index (χ0n) is 6.39. The molecule has 1 radical (unpaired) electrons. The van der Waals surface area contributed by atoms with Crippen molar-refractivity contribution in [3.05, 3.63) is 23.8 Å². The van der Waals surface area contributed by atoms with Gasteiger partial charge in [-0.25, -0.2) is 0 Å². The molecule has 2 nitrogen and oxygen atoms in total.